The molecule has 3 heterocycles. The van der Waals surface area contributed by atoms with E-state index in [2.05, 4.69) is 10.2 Å². The minimum absolute atomic E-state index is 0.0757. The molecule has 1 aromatic rings. The van der Waals surface area contributed by atoms with E-state index >= 15 is 0 Å². The van der Waals surface area contributed by atoms with Crippen LogP contribution in [0.15, 0.2) is 16.5 Å². The van der Waals surface area contributed by atoms with E-state index in [0.717, 1.165) is 24.6 Å². The van der Waals surface area contributed by atoms with E-state index in [-0.39, 0.29) is 11.9 Å². The Morgan fingerprint density at radius 2 is 2.04 bits per heavy atom. The Hall–Kier alpha value is -1.37. The molecule has 6 nitrogen and oxygen atoms in total. The zero-order chi connectivity index (χ0) is 16.3. The zero-order valence-electron chi connectivity index (χ0n) is 13.8. The quantitative estimate of drug-likeness (QED) is 0.855. The minimum Gasteiger partial charge on any atom is -0.465 e. The Balaban J connectivity index is 1.65. The number of hydrogen-bond donors (Lipinski definition) is 2. The van der Waals surface area contributed by atoms with Crippen molar-refractivity contribution in [1.82, 2.24) is 10.2 Å². The van der Waals surface area contributed by atoms with Gasteiger partial charge in [0.25, 0.3) is 0 Å². The van der Waals surface area contributed by atoms with Gasteiger partial charge < -0.3 is 20.2 Å². The van der Waals surface area contributed by atoms with Crippen LogP contribution in [0.5, 0.6) is 0 Å². The molecule has 1 atom stereocenters. The predicted octanol–water partition coefficient (Wildman–Crippen LogP) is 1.35. The maximum Gasteiger partial charge on any atom is 0.240 e. The second-order valence-corrected chi connectivity index (χ2v) is 6.69. The molecular formula is C17H27N3O3. The van der Waals surface area contributed by atoms with Crippen LogP contribution in [0.4, 0.5) is 0 Å². The number of likely N-dealkylation sites (tertiary alicyclic amines) is 1. The number of ether oxygens (including phenoxy) is 1. The van der Waals surface area contributed by atoms with Gasteiger partial charge in [0.05, 0.1) is 11.6 Å². The van der Waals surface area contributed by atoms with Crippen LogP contribution >= 0.6 is 0 Å². The highest BCUT2D eigenvalue weighted by molar-refractivity contribution is 5.86. The number of hydrogen-bond acceptors (Lipinski definition) is 5. The molecule has 0 saturated carbocycles. The number of rotatable bonds is 5. The summed E-state index contributed by atoms with van der Waals surface area (Å²) in [6.07, 6.45) is 3.55. The molecule has 3 rings (SSSR count). The van der Waals surface area contributed by atoms with Crippen molar-refractivity contribution in [2.45, 2.75) is 44.2 Å². The number of aryl methyl sites for hydroxylation is 1. The average molecular weight is 321 g/mol. The Morgan fingerprint density at radius 3 is 2.65 bits per heavy atom. The molecule has 6 heteroatoms. The summed E-state index contributed by atoms with van der Waals surface area (Å²) in [5, 5.41) is 3.06. The fraction of sp³-hybridized carbons (Fsp3) is 0.706. The van der Waals surface area contributed by atoms with E-state index in [9.17, 15) is 4.79 Å². The van der Waals surface area contributed by atoms with Gasteiger partial charge in [0, 0.05) is 19.8 Å². The van der Waals surface area contributed by atoms with Gasteiger partial charge >= 0.3 is 0 Å². The molecule has 2 fully saturated rings. The molecule has 0 aromatic carbocycles. The lowest BCUT2D eigenvalue weighted by atomic mass is 9.90. The number of nitrogens with zero attached hydrogens (tertiary/aromatic N) is 1. The number of carbonyl (C=O) groups is 1. The lowest BCUT2D eigenvalue weighted by Crippen LogP contribution is -2.57. The fourth-order valence-electron chi connectivity index (χ4n) is 3.42. The van der Waals surface area contributed by atoms with Crippen molar-refractivity contribution in [2.75, 3.05) is 32.8 Å². The molecule has 0 bridgehead atoms. The molecule has 2 aliphatic rings. The third-order valence-corrected chi connectivity index (χ3v) is 4.96. The second-order valence-electron chi connectivity index (χ2n) is 6.69. The maximum atomic E-state index is 12.5. The molecule has 23 heavy (non-hydrogen) atoms. The third kappa shape index (κ3) is 3.76. The zero-order valence-corrected chi connectivity index (χ0v) is 13.8. The first-order valence-electron chi connectivity index (χ1n) is 8.54. The summed E-state index contributed by atoms with van der Waals surface area (Å²) in [6, 6.07) is 4.07. The van der Waals surface area contributed by atoms with Crippen molar-refractivity contribution in [3.05, 3.63) is 23.7 Å². The van der Waals surface area contributed by atoms with E-state index in [1.54, 1.807) is 0 Å². The topological polar surface area (TPSA) is 80.7 Å². The first-order valence-corrected chi connectivity index (χ1v) is 8.54. The summed E-state index contributed by atoms with van der Waals surface area (Å²) in [7, 11) is 0. The van der Waals surface area contributed by atoms with Gasteiger partial charge in [-0.25, -0.2) is 0 Å². The highest BCUT2D eigenvalue weighted by Crippen LogP contribution is 2.26. The van der Waals surface area contributed by atoms with Gasteiger partial charge in [-0.3, -0.25) is 9.69 Å². The highest BCUT2D eigenvalue weighted by Gasteiger charge is 2.36. The lowest BCUT2D eigenvalue weighted by molar-refractivity contribution is -0.130. The molecule has 1 aromatic heterocycles. The van der Waals surface area contributed by atoms with E-state index in [4.69, 9.17) is 14.9 Å². The van der Waals surface area contributed by atoms with Crippen LogP contribution in [-0.4, -0.2) is 49.2 Å². The van der Waals surface area contributed by atoms with Gasteiger partial charge in [-0.15, -0.1) is 0 Å². The smallest absolute Gasteiger partial charge is 0.240 e. The van der Waals surface area contributed by atoms with Crippen molar-refractivity contribution < 1.29 is 13.9 Å². The summed E-state index contributed by atoms with van der Waals surface area (Å²) < 4.78 is 11.1. The largest absolute Gasteiger partial charge is 0.465 e. The van der Waals surface area contributed by atoms with Crippen LogP contribution in [0.2, 0.25) is 0 Å². The second kappa shape index (κ2) is 7.03. The molecule has 2 saturated heterocycles. The van der Waals surface area contributed by atoms with Gasteiger partial charge in [0.2, 0.25) is 5.91 Å². The molecule has 2 aliphatic heterocycles. The maximum absolute atomic E-state index is 12.5. The highest BCUT2D eigenvalue weighted by atomic mass is 16.5. The Bertz CT molecular complexity index is 531. The Labute approximate surface area is 137 Å². The van der Waals surface area contributed by atoms with Gasteiger partial charge in [0.15, 0.2) is 0 Å². The SMILES string of the molecule is Cc1ccc(C(CNC(=O)C2(N)CCOCC2)N2CCCC2)o1. The molecule has 0 radical (unpaired) electrons. The number of furan rings is 1. The van der Waals surface area contributed by atoms with Gasteiger partial charge in [-0.05, 0) is 57.8 Å². The number of amides is 1. The van der Waals surface area contributed by atoms with Gasteiger partial charge in [0.1, 0.15) is 11.5 Å². The summed E-state index contributed by atoms with van der Waals surface area (Å²) in [5.41, 5.74) is 5.46. The molecule has 128 valence electrons. The van der Waals surface area contributed by atoms with Crippen molar-refractivity contribution in [2.24, 2.45) is 5.73 Å². The van der Waals surface area contributed by atoms with Gasteiger partial charge in [-0.1, -0.05) is 0 Å². The van der Waals surface area contributed by atoms with Crippen LogP contribution in [0.25, 0.3) is 0 Å². The van der Waals surface area contributed by atoms with E-state index in [1.165, 1.54) is 12.8 Å². The normalized spacial score (nSPS) is 22.9. The van der Waals surface area contributed by atoms with Crippen molar-refractivity contribution in [3.8, 4) is 0 Å². The van der Waals surface area contributed by atoms with Crippen molar-refractivity contribution in [3.63, 3.8) is 0 Å². The molecule has 1 amide bonds. The average Bonchev–Trinajstić information content (AvgIpc) is 3.20. The van der Waals surface area contributed by atoms with Crippen LogP contribution in [0, 0.1) is 6.92 Å². The van der Waals surface area contributed by atoms with Crippen LogP contribution in [0.3, 0.4) is 0 Å². The standard InChI is InChI=1S/C17H27N3O3/c1-13-4-5-15(23-13)14(20-8-2-3-9-20)12-19-16(21)17(18)6-10-22-11-7-17/h4-5,14H,2-3,6-12,18H2,1H3,(H,19,21). The molecule has 0 spiro atoms. The molecule has 3 N–H and O–H groups in total. The minimum atomic E-state index is -0.799. The Kier molecular flexibility index (Phi) is 5.04. The van der Waals surface area contributed by atoms with E-state index < -0.39 is 5.54 Å². The van der Waals surface area contributed by atoms with Gasteiger partial charge in [-0.2, -0.15) is 0 Å². The Morgan fingerprint density at radius 1 is 1.35 bits per heavy atom. The predicted molar refractivity (Wildman–Crippen MR) is 87.0 cm³/mol. The number of carbonyl (C=O) groups excluding carboxylic acids is 1. The number of nitrogens with one attached hydrogen (secondary N) is 1. The number of nitrogens with two attached hydrogens (primary N) is 1. The summed E-state index contributed by atoms with van der Waals surface area (Å²) in [6.45, 7) is 5.67. The van der Waals surface area contributed by atoms with Crippen molar-refractivity contribution >= 4 is 5.91 Å². The molecule has 0 aliphatic carbocycles. The molecular weight excluding hydrogens is 294 g/mol. The van der Waals surface area contributed by atoms with E-state index in [0.29, 0.717) is 32.6 Å². The monoisotopic (exact) mass is 321 g/mol. The summed E-state index contributed by atoms with van der Waals surface area (Å²) in [5.74, 6) is 1.74. The summed E-state index contributed by atoms with van der Waals surface area (Å²) in [4.78, 5) is 14.9. The molecule has 1 unspecified atom stereocenters. The van der Waals surface area contributed by atoms with Crippen LogP contribution < -0.4 is 11.1 Å². The summed E-state index contributed by atoms with van der Waals surface area (Å²) >= 11 is 0. The fourth-order valence-corrected chi connectivity index (χ4v) is 3.42. The van der Waals surface area contributed by atoms with E-state index in [1.807, 2.05) is 19.1 Å². The van der Waals surface area contributed by atoms with Crippen LogP contribution in [0.1, 0.15) is 43.2 Å². The first kappa shape index (κ1) is 16.5. The van der Waals surface area contributed by atoms with Crippen LogP contribution in [-0.2, 0) is 9.53 Å². The third-order valence-electron chi connectivity index (χ3n) is 4.96. The van der Waals surface area contributed by atoms with Crippen molar-refractivity contribution in [1.29, 1.82) is 0 Å². The first-order chi connectivity index (χ1) is 11.1. The lowest BCUT2D eigenvalue weighted by Gasteiger charge is -2.33.